The van der Waals surface area contributed by atoms with Crippen LogP contribution in [0.15, 0.2) is 28.7 Å². The van der Waals surface area contributed by atoms with E-state index in [0.717, 1.165) is 23.8 Å². The lowest BCUT2D eigenvalue weighted by Crippen LogP contribution is -2.49. The zero-order chi connectivity index (χ0) is 17.3. The third-order valence-corrected chi connectivity index (χ3v) is 5.06. The van der Waals surface area contributed by atoms with Crippen LogP contribution in [0.3, 0.4) is 0 Å². The van der Waals surface area contributed by atoms with Gasteiger partial charge < -0.3 is 14.5 Å². The number of ether oxygens (including phenoxy) is 1. The molecule has 2 heterocycles. The van der Waals surface area contributed by atoms with Crippen molar-refractivity contribution in [3.05, 3.63) is 39.5 Å². The molecule has 0 atom stereocenters. The van der Waals surface area contributed by atoms with Crippen molar-refractivity contribution >= 4 is 39.1 Å². The minimum Gasteiger partial charge on any atom is -0.480 e. The lowest BCUT2D eigenvalue weighted by Gasteiger charge is -2.35. The van der Waals surface area contributed by atoms with Crippen LogP contribution in [0.25, 0.3) is 0 Å². The second-order valence-electron chi connectivity index (χ2n) is 5.55. The highest BCUT2D eigenvalue weighted by molar-refractivity contribution is 9.10. The van der Waals surface area contributed by atoms with Gasteiger partial charge in [0.25, 0.3) is 5.91 Å². The highest BCUT2D eigenvalue weighted by Crippen LogP contribution is 2.29. The Hall–Kier alpha value is -1.73. The van der Waals surface area contributed by atoms with Crippen molar-refractivity contribution in [3.63, 3.8) is 0 Å². The van der Waals surface area contributed by atoms with Crippen LogP contribution in [-0.2, 0) is 7.05 Å². The summed E-state index contributed by atoms with van der Waals surface area (Å²) in [4.78, 5) is 16.8. The second kappa shape index (κ2) is 7.03. The van der Waals surface area contributed by atoms with Crippen molar-refractivity contribution in [2.45, 2.75) is 0 Å². The molecule has 2 aromatic rings. The van der Waals surface area contributed by atoms with Crippen LogP contribution in [0.5, 0.6) is 5.88 Å². The molecule has 6 nitrogen and oxygen atoms in total. The number of methoxy groups -OCH3 is 1. The predicted octanol–water partition coefficient (Wildman–Crippen LogP) is 2.81. The van der Waals surface area contributed by atoms with Crippen molar-refractivity contribution in [1.82, 2.24) is 14.7 Å². The number of hydrogen-bond acceptors (Lipinski definition) is 4. The first-order valence-electron chi connectivity index (χ1n) is 7.57. The van der Waals surface area contributed by atoms with Gasteiger partial charge in [0.1, 0.15) is 4.47 Å². The number of carbonyl (C=O) groups excluding carboxylic acids is 1. The van der Waals surface area contributed by atoms with Crippen LogP contribution < -0.4 is 9.64 Å². The van der Waals surface area contributed by atoms with Gasteiger partial charge in [-0.25, -0.2) is 4.68 Å². The molecule has 0 spiro atoms. The largest absolute Gasteiger partial charge is 0.480 e. The van der Waals surface area contributed by atoms with Gasteiger partial charge in [0, 0.05) is 43.9 Å². The zero-order valence-electron chi connectivity index (χ0n) is 13.5. The molecular weight excluding hydrogens is 396 g/mol. The number of nitrogens with zero attached hydrogens (tertiary/aromatic N) is 4. The normalized spacial score (nSPS) is 14.8. The van der Waals surface area contributed by atoms with Crippen LogP contribution >= 0.6 is 27.5 Å². The maximum Gasteiger partial charge on any atom is 0.275 e. The predicted molar refractivity (Wildman–Crippen MR) is 97.0 cm³/mol. The van der Waals surface area contributed by atoms with E-state index in [-0.39, 0.29) is 5.91 Å². The summed E-state index contributed by atoms with van der Waals surface area (Å²) in [6.07, 6.45) is 0. The Bertz CT molecular complexity index is 739. The van der Waals surface area contributed by atoms with E-state index < -0.39 is 0 Å². The average Bonchev–Trinajstić information content (AvgIpc) is 2.89. The number of aryl methyl sites for hydroxylation is 1. The van der Waals surface area contributed by atoms with E-state index in [1.165, 1.54) is 0 Å². The summed E-state index contributed by atoms with van der Waals surface area (Å²) in [5.41, 5.74) is 1.50. The average molecular weight is 414 g/mol. The summed E-state index contributed by atoms with van der Waals surface area (Å²) in [5, 5.41) is 4.99. The number of anilines is 1. The molecule has 0 N–H and O–H groups in total. The number of piperazine rings is 1. The molecule has 1 aliphatic heterocycles. The number of benzene rings is 1. The quantitative estimate of drug-likeness (QED) is 0.776. The van der Waals surface area contributed by atoms with E-state index in [2.05, 4.69) is 25.9 Å². The zero-order valence-corrected chi connectivity index (χ0v) is 15.8. The number of hydrogen-bond donors (Lipinski definition) is 0. The topological polar surface area (TPSA) is 50.6 Å². The lowest BCUT2D eigenvalue weighted by atomic mass is 10.2. The summed E-state index contributed by atoms with van der Waals surface area (Å²) in [5.74, 6) is 0.453. The van der Waals surface area contributed by atoms with Crippen molar-refractivity contribution in [2.24, 2.45) is 7.05 Å². The van der Waals surface area contributed by atoms with Crippen LogP contribution in [0, 0.1) is 0 Å². The van der Waals surface area contributed by atoms with E-state index >= 15 is 0 Å². The number of aromatic nitrogens is 2. The summed E-state index contributed by atoms with van der Waals surface area (Å²) in [6, 6.07) is 7.76. The Morgan fingerprint density at radius 2 is 1.83 bits per heavy atom. The highest BCUT2D eigenvalue weighted by Gasteiger charge is 2.28. The van der Waals surface area contributed by atoms with Gasteiger partial charge in [-0.2, -0.15) is 5.10 Å². The first-order valence-corrected chi connectivity index (χ1v) is 8.74. The van der Waals surface area contributed by atoms with E-state index in [0.29, 0.717) is 29.1 Å². The van der Waals surface area contributed by atoms with Crippen molar-refractivity contribution in [2.75, 3.05) is 38.2 Å². The van der Waals surface area contributed by atoms with Crippen molar-refractivity contribution in [1.29, 1.82) is 0 Å². The Balaban J connectivity index is 1.68. The summed E-state index contributed by atoms with van der Waals surface area (Å²) in [7, 11) is 3.31. The van der Waals surface area contributed by atoms with E-state index in [1.54, 1.807) is 18.8 Å². The molecule has 8 heteroatoms. The molecule has 0 aliphatic carbocycles. The van der Waals surface area contributed by atoms with Gasteiger partial charge in [0.05, 0.1) is 7.11 Å². The lowest BCUT2D eigenvalue weighted by molar-refractivity contribution is 0.0739. The molecule has 1 aromatic carbocycles. The highest BCUT2D eigenvalue weighted by atomic mass is 79.9. The molecule has 0 radical (unpaired) electrons. The minimum atomic E-state index is -0.0865. The Morgan fingerprint density at radius 1 is 1.21 bits per heavy atom. The summed E-state index contributed by atoms with van der Waals surface area (Å²) < 4.78 is 7.39. The molecule has 1 saturated heterocycles. The Morgan fingerprint density at radius 3 is 2.38 bits per heavy atom. The number of amides is 1. The maximum absolute atomic E-state index is 12.7. The van der Waals surface area contributed by atoms with Gasteiger partial charge in [-0.15, -0.1) is 0 Å². The van der Waals surface area contributed by atoms with E-state index in [9.17, 15) is 4.79 Å². The first kappa shape index (κ1) is 17.1. The van der Waals surface area contributed by atoms with Crippen LogP contribution in [0.2, 0.25) is 5.02 Å². The molecule has 1 amide bonds. The maximum atomic E-state index is 12.7. The summed E-state index contributed by atoms with van der Waals surface area (Å²) in [6.45, 7) is 2.84. The number of carbonyl (C=O) groups is 1. The number of halogens is 2. The molecule has 24 heavy (non-hydrogen) atoms. The molecule has 1 fully saturated rings. The van der Waals surface area contributed by atoms with Gasteiger partial charge in [0.2, 0.25) is 5.88 Å². The molecule has 0 saturated carbocycles. The molecule has 1 aliphatic rings. The van der Waals surface area contributed by atoms with Gasteiger partial charge in [0.15, 0.2) is 5.69 Å². The van der Waals surface area contributed by atoms with Crippen molar-refractivity contribution in [3.8, 4) is 5.88 Å². The van der Waals surface area contributed by atoms with E-state index in [4.69, 9.17) is 16.3 Å². The van der Waals surface area contributed by atoms with Crippen LogP contribution in [0.4, 0.5) is 5.69 Å². The van der Waals surface area contributed by atoms with E-state index in [1.807, 2.05) is 29.2 Å². The smallest absolute Gasteiger partial charge is 0.275 e. The van der Waals surface area contributed by atoms with Crippen LogP contribution in [-0.4, -0.2) is 53.9 Å². The van der Waals surface area contributed by atoms with Crippen LogP contribution in [0.1, 0.15) is 10.5 Å². The SMILES string of the molecule is COc1c(Br)c(C(=O)N2CCN(c3ccc(Cl)cc3)CC2)nn1C. The first-order chi connectivity index (χ1) is 11.5. The molecule has 0 bridgehead atoms. The Kier molecular flexibility index (Phi) is 5.01. The standard InChI is InChI=1S/C16H18BrClN4O2/c1-20-16(24-2)13(17)14(19-20)15(23)22-9-7-21(8-10-22)12-5-3-11(18)4-6-12/h3-6H,7-10H2,1-2H3. The van der Waals surface area contributed by atoms with Crippen molar-refractivity contribution < 1.29 is 9.53 Å². The number of rotatable bonds is 3. The second-order valence-corrected chi connectivity index (χ2v) is 6.78. The fourth-order valence-corrected chi connectivity index (χ4v) is 3.60. The molecular formula is C16H18BrClN4O2. The molecule has 0 unspecified atom stereocenters. The molecule has 128 valence electrons. The fourth-order valence-electron chi connectivity index (χ4n) is 2.81. The van der Waals surface area contributed by atoms with Gasteiger partial charge in [-0.3, -0.25) is 4.79 Å². The summed E-state index contributed by atoms with van der Waals surface area (Å²) >= 11 is 9.34. The third kappa shape index (κ3) is 3.23. The minimum absolute atomic E-state index is 0.0865. The molecule has 1 aromatic heterocycles. The van der Waals surface area contributed by atoms with Gasteiger partial charge in [-0.05, 0) is 40.2 Å². The van der Waals surface area contributed by atoms with Gasteiger partial charge in [-0.1, -0.05) is 11.6 Å². The Labute approximate surface area is 154 Å². The third-order valence-electron chi connectivity index (χ3n) is 4.09. The molecule has 3 rings (SSSR count). The fraction of sp³-hybridized carbons (Fsp3) is 0.375. The van der Waals surface area contributed by atoms with Gasteiger partial charge >= 0.3 is 0 Å². The monoisotopic (exact) mass is 412 g/mol.